The van der Waals surface area contributed by atoms with Gasteiger partial charge in [-0.3, -0.25) is 4.79 Å². The molecule has 2 aromatic carbocycles. The molecule has 0 bridgehead atoms. The summed E-state index contributed by atoms with van der Waals surface area (Å²) in [6.07, 6.45) is -0.156. The zero-order valence-electron chi connectivity index (χ0n) is 11.3. The Labute approximate surface area is 130 Å². The number of hydrogen-bond donors (Lipinski definition) is 1. The highest BCUT2D eigenvalue weighted by molar-refractivity contribution is 9.10. The summed E-state index contributed by atoms with van der Waals surface area (Å²) in [5.74, 6) is 1.01. The van der Waals surface area contributed by atoms with Crippen LogP contribution in [0, 0.1) is 0 Å². The highest BCUT2D eigenvalue weighted by Crippen LogP contribution is 2.38. The van der Waals surface area contributed by atoms with Crippen LogP contribution in [0.25, 0.3) is 0 Å². The van der Waals surface area contributed by atoms with Gasteiger partial charge in [-0.25, -0.2) is 0 Å². The molecule has 5 heteroatoms. The first-order valence-corrected chi connectivity index (χ1v) is 7.24. The number of carbonyl (C=O) groups excluding carboxylic acids is 1. The number of ketones is 1. The molecule has 0 fully saturated rings. The van der Waals surface area contributed by atoms with Crippen molar-refractivity contribution in [3.63, 3.8) is 0 Å². The Bertz CT molecular complexity index is 711. The molecule has 1 N–H and O–H groups in total. The minimum absolute atomic E-state index is 0.0315. The van der Waals surface area contributed by atoms with E-state index in [2.05, 4.69) is 15.9 Å². The molecule has 21 heavy (non-hydrogen) atoms. The normalized spacial score (nSPS) is 17.0. The number of phenols is 1. The Morgan fingerprint density at radius 2 is 2.10 bits per heavy atom. The zero-order chi connectivity index (χ0) is 15.0. The van der Waals surface area contributed by atoms with Crippen LogP contribution in [0.5, 0.6) is 17.2 Å². The van der Waals surface area contributed by atoms with Gasteiger partial charge < -0.3 is 14.6 Å². The number of carbonyl (C=O) groups is 1. The summed E-state index contributed by atoms with van der Waals surface area (Å²) in [7, 11) is 1.49. The van der Waals surface area contributed by atoms with E-state index in [1.807, 2.05) is 6.07 Å². The maximum Gasteiger partial charge on any atom is 0.170 e. The summed E-state index contributed by atoms with van der Waals surface area (Å²) in [5, 5.41) is 9.85. The van der Waals surface area contributed by atoms with Crippen molar-refractivity contribution in [2.24, 2.45) is 0 Å². The van der Waals surface area contributed by atoms with Gasteiger partial charge in [0.15, 0.2) is 17.3 Å². The van der Waals surface area contributed by atoms with Crippen molar-refractivity contribution in [1.82, 2.24) is 0 Å². The van der Waals surface area contributed by atoms with Crippen molar-refractivity contribution in [2.45, 2.75) is 12.5 Å². The number of ether oxygens (including phenoxy) is 2. The number of hydrogen-bond acceptors (Lipinski definition) is 4. The first-order valence-electron chi connectivity index (χ1n) is 6.45. The van der Waals surface area contributed by atoms with Crippen LogP contribution in [0.3, 0.4) is 0 Å². The predicted molar refractivity (Wildman–Crippen MR) is 81.1 cm³/mol. The molecule has 1 atom stereocenters. The zero-order valence-corrected chi connectivity index (χ0v) is 12.9. The van der Waals surface area contributed by atoms with Gasteiger partial charge in [-0.15, -0.1) is 0 Å². The highest BCUT2D eigenvalue weighted by Gasteiger charge is 2.28. The first kappa shape index (κ1) is 13.9. The fourth-order valence-electron chi connectivity index (χ4n) is 2.39. The van der Waals surface area contributed by atoms with Crippen LogP contribution < -0.4 is 9.47 Å². The van der Waals surface area contributed by atoms with Crippen LogP contribution >= 0.6 is 15.9 Å². The lowest BCUT2D eigenvalue weighted by molar-refractivity contribution is 0.0849. The average Bonchev–Trinajstić information content (AvgIpc) is 2.46. The summed E-state index contributed by atoms with van der Waals surface area (Å²) >= 11 is 3.37. The molecule has 2 aromatic rings. The van der Waals surface area contributed by atoms with Crippen LogP contribution in [0.1, 0.15) is 28.4 Å². The van der Waals surface area contributed by atoms with Gasteiger partial charge in [-0.05, 0) is 35.9 Å². The van der Waals surface area contributed by atoms with Crippen LogP contribution in [-0.2, 0) is 0 Å². The quantitative estimate of drug-likeness (QED) is 0.894. The second-order valence-corrected chi connectivity index (χ2v) is 5.72. The Balaban J connectivity index is 1.95. The van der Waals surface area contributed by atoms with Gasteiger partial charge in [0, 0.05) is 4.47 Å². The van der Waals surface area contributed by atoms with Gasteiger partial charge in [0.2, 0.25) is 0 Å². The van der Waals surface area contributed by atoms with E-state index in [-0.39, 0.29) is 18.0 Å². The van der Waals surface area contributed by atoms with E-state index >= 15 is 0 Å². The predicted octanol–water partition coefficient (Wildman–Crippen LogP) is 3.87. The maximum absolute atomic E-state index is 12.2. The minimum Gasteiger partial charge on any atom is -0.504 e. The van der Waals surface area contributed by atoms with Crippen molar-refractivity contribution >= 4 is 21.7 Å². The summed E-state index contributed by atoms with van der Waals surface area (Å²) in [4.78, 5) is 12.2. The molecule has 0 aromatic heterocycles. The van der Waals surface area contributed by atoms with Crippen molar-refractivity contribution in [2.75, 3.05) is 7.11 Å². The highest BCUT2D eigenvalue weighted by atomic mass is 79.9. The molecular formula is C16H13BrO4. The van der Waals surface area contributed by atoms with Gasteiger partial charge in [0.1, 0.15) is 11.9 Å². The minimum atomic E-state index is -0.406. The van der Waals surface area contributed by atoms with Gasteiger partial charge in [-0.2, -0.15) is 0 Å². The van der Waals surface area contributed by atoms with E-state index in [9.17, 15) is 9.90 Å². The number of Topliss-reactive ketones (excluding diaryl/α,β-unsaturated/α-hetero) is 1. The average molecular weight is 349 g/mol. The van der Waals surface area contributed by atoms with Gasteiger partial charge in [0.25, 0.3) is 0 Å². The van der Waals surface area contributed by atoms with Gasteiger partial charge in [0.05, 0.1) is 19.1 Å². The molecule has 1 aliphatic heterocycles. The molecule has 0 spiro atoms. The second kappa shape index (κ2) is 5.41. The SMILES string of the molecule is COc1ccc(C2CC(=O)c3ccc(Br)cc3O2)cc1O. The Morgan fingerprint density at radius 1 is 1.29 bits per heavy atom. The van der Waals surface area contributed by atoms with Gasteiger partial charge >= 0.3 is 0 Å². The number of rotatable bonds is 2. The summed E-state index contributed by atoms with van der Waals surface area (Å²) in [6, 6.07) is 10.4. The van der Waals surface area contributed by atoms with Crippen molar-refractivity contribution in [3.8, 4) is 17.2 Å². The smallest absolute Gasteiger partial charge is 0.170 e. The summed E-state index contributed by atoms with van der Waals surface area (Å²) in [6.45, 7) is 0. The van der Waals surface area contributed by atoms with E-state index in [4.69, 9.17) is 9.47 Å². The third kappa shape index (κ3) is 2.61. The number of methoxy groups -OCH3 is 1. The van der Waals surface area contributed by atoms with Gasteiger partial charge in [-0.1, -0.05) is 22.0 Å². The second-order valence-electron chi connectivity index (χ2n) is 4.81. The lowest BCUT2D eigenvalue weighted by atomic mass is 9.96. The molecule has 1 aliphatic rings. The molecule has 4 nitrogen and oxygen atoms in total. The standard InChI is InChI=1S/C16H13BrO4/c1-20-14-5-2-9(6-13(14)19)15-8-12(18)11-4-3-10(17)7-16(11)21-15/h2-7,15,19H,8H2,1H3. The third-order valence-electron chi connectivity index (χ3n) is 3.46. The molecule has 1 heterocycles. The molecule has 0 radical (unpaired) electrons. The molecule has 1 unspecified atom stereocenters. The van der Waals surface area contributed by atoms with Crippen molar-refractivity contribution in [3.05, 3.63) is 52.0 Å². The first-order chi connectivity index (χ1) is 10.1. The largest absolute Gasteiger partial charge is 0.504 e. The Kier molecular flexibility index (Phi) is 3.59. The molecule has 0 aliphatic carbocycles. The monoisotopic (exact) mass is 348 g/mol. The molecule has 0 saturated carbocycles. The third-order valence-corrected chi connectivity index (χ3v) is 3.95. The van der Waals surface area contributed by atoms with Crippen molar-refractivity contribution < 1.29 is 19.4 Å². The Morgan fingerprint density at radius 3 is 2.81 bits per heavy atom. The summed E-state index contributed by atoms with van der Waals surface area (Å²) < 4.78 is 11.8. The van der Waals surface area contributed by atoms with E-state index in [0.29, 0.717) is 17.1 Å². The van der Waals surface area contributed by atoms with Crippen molar-refractivity contribution in [1.29, 1.82) is 0 Å². The van der Waals surface area contributed by atoms with Crippen LogP contribution in [0.2, 0.25) is 0 Å². The van der Waals surface area contributed by atoms with E-state index < -0.39 is 6.10 Å². The number of aromatic hydroxyl groups is 1. The van der Waals surface area contributed by atoms with E-state index in [1.54, 1.807) is 30.3 Å². The van der Waals surface area contributed by atoms with Crippen LogP contribution in [-0.4, -0.2) is 18.0 Å². The fourth-order valence-corrected chi connectivity index (χ4v) is 2.73. The molecule has 108 valence electrons. The van der Waals surface area contributed by atoms with Crippen LogP contribution in [0.4, 0.5) is 0 Å². The topological polar surface area (TPSA) is 55.8 Å². The number of halogens is 1. The lowest BCUT2D eigenvalue weighted by Gasteiger charge is -2.26. The molecule has 0 amide bonds. The molecule has 3 rings (SSSR count). The molecular weight excluding hydrogens is 336 g/mol. The number of benzene rings is 2. The van der Waals surface area contributed by atoms with E-state index in [1.165, 1.54) is 7.11 Å². The maximum atomic E-state index is 12.2. The Hall–Kier alpha value is -2.01. The fraction of sp³-hybridized carbons (Fsp3) is 0.188. The lowest BCUT2D eigenvalue weighted by Crippen LogP contribution is -2.20. The summed E-state index contributed by atoms with van der Waals surface area (Å²) in [5.41, 5.74) is 1.33. The number of phenolic OH excluding ortho intramolecular Hbond substituents is 1. The van der Waals surface area contributed by atoms with Crippen LogP contribution in [0.15, 0.2) is 40.9 Å². The number of fused-ring (bicyclic) bond motifs is 1. The molecule has 0 saturated heterocycles. The van der Waals surface area contributed by atoms with E-state index in [0.717, 1.165) is 10.0 Å².